The van der Waals surface area contributed by atoms with E-state index >= 15 is 0 Å². The van der Waals surface area contributed by atoms with Gasteiger partial charge in [0, 0.05) is 6.08 Å². The summed E-state index contributed by atoms with van der Waals surface area (Å²) < 4.78 is 9.96. The zero-order chi connectivity index (χ0) is 9.56. The van der Waals surface area contributed by atoms with Gasteiger partial charge in [-0.2, -0.15) is 0 Å². The molecule has 0 aromatic rings. The molecule has 0 heterocycles. The van der Waals surface area contributed by atoms with E-state index in [2.05, 4.69) is 6.58 Å². The Bertz CT molecular complexity index is 152. The number of carbonyl (C=O) groups excluding carboxylic acids is 1. The van der Waals surface area contributed by atoms with E-state index in [9.17, 15) is 4.79 Å². The summed E-state index contributed by atoms with van der Waals surface area (Å²) in [5.74, 6) is -0.0128. The molecular formula is C9H16O3. The summed E-state index contributed by atoms with van der Waals surface area (Å²) in [6, 6.07) is 0. The molecule has 0 radical (unpaired) electrons. The molecular weight excluding hydrogens is 156 g/mol. The third-order valence-corrected chi connectivity index (χ3v) is 1.11. The highest BCUT2D eigenvalue weighted by Crippen LogP contribution is 1.99. The zero-order valence-electron chi connectivity index (χ0n) is 7.87. The lowest BCUT2D eigenvalue weighted by atomic mass is 10.2. The number of esters is 1. The van der Waals surface area contributed by atoms with E-state index < -0.39 is 12.3 Å². The predicted octanol–water partition coefficient (Wildman–Crippen LogP) is 1.73. The first kappa shape index (κ1) is 11.2. The van der Waals surface area contributed by atoms with Gasteiger partial charge < -0.3 is 9.47 Å². The first-order valence-corrected chi connectivity index (χ1v) is 4.01. The normalized spacial score (nSPS) is 12.7. The molecule has 0 aromatic carbocycles. The van der Waals surface area contributed by atoms with Crippen molar-refractivity contribution in [2.24, 2.45) is 5.92 Å². The van der Waals surface area contributed by atoms with Gasteiger partial charge in [-0.1, -0.05) is 20.4 Å². The predicted molar refractivity (Wildman–Crippen MR) is 46.5 cm³/mol. The minimum Gasteiger partial charge on any atom is -0.433 e. The summed E-state index contributed by atoms with van der Waals surface area (Å²) in [6.45, 7) is 9.61. The van der Waals surface area contributed by atoms with Crippen LogP contribution in [0.2, 0.25) is 0 Å². The maximum absolute atomic E-state index is 10.6. The Hall–Kier alpha value is -0.830. The first-order chi connectivity index (χ1) is 5.56. The minimum atomic E-state index is -0.488. The standard InChI is InChI=1S/C9H16O3/c1-5-9(10)12-8(4)11-6-7(2)3/h5,7-8H,1,6H2,2-4H3. The summed E-state index contributed by atoms with van der Waals surface area (Å²) >= 11 is 0. The molecule has 0 fully saturated rings. The molecule has 0 aliphatic carbocycles. The number of hydrogen-bond acceptors (Lipinski definition) is 3. The SMILES string of the molecule is C=CC(=O)OC(C)OCC(C)C. The van der Waals surface area contributed by atoms with Crippen molar-refractivity contribution in [3.8, 4) is 0 Å². The van der Waals surface area contributed by atoms with Crippen LogP contribution in [0.5, 0.6) is 0 Å². The number of rotatable bonds is 5. The van der Waals surface area contributed by atoms with Crippen LogP contribution in [0.15, 0.2) is 12.7 Å². The molecule has 3 nitrogen and oxygen atoms in total. The van der Waals surface area contributed by atoms with E-state index in [1.54, 1.807) is 6.92 Å². The smallest absolute Gasteiger partial charge is 0.332 e. The van der Waals surface area contributed by atoms with Crippen molar-refractivity contribution in [3.05, 3.63) is 12.7 Å². The topological polar surface area (TPSA) is 35.5 Å². The lowest BCUT2D eigenvalue weighted by Gasteiger charge is -2.14. The molecule has 0 spiro atoms. The molecule has 0 amide bonds. The van der Waals surface area contributed by atoms with E-state index in [0.29, 0.717) is 12.5 Å². The van der Waals surface area contributed by atoms with Crippen LogP contribution in [0.1, 0.15) is 20.8 Å². The maximum Gasteiger partial charge on any atom is 0.332 e. The van der Waals surface area contributed by atoms with Crippen molar-refractivity contribution in [1.82, 2.24) is 0 Å². The van der Waals surface area contributed by atoms with Crippen LogP contribution in [0.25, 0.3) is 0 Å². The molecule has 1 atom stereocenters. The Morgan fingerprint density at radius 2 is 2.08 bits per heavy atom. The van der Waals surface area contributed by atoms with Crippen LogP contribution >= 0.6 is 0 Å². The Morgan fingerprint density at radius 1 is 1.50 bits per heavy atom. The highest BCUT2D eigenvalue weighted by atomic mass is 16.7. The van der Waals surface area contributed by atoms with Crippen molar-refractivity contribution in [2.75, 3.05) is 6.61 Å². The largest absolute Gasteiger partial charge is 0.433 e. The van der Waals surface area contributed by atoms with Crippen LogP contribution in [-0.4, -0.2) is 18.9 Å². The molecule has 0 rings (SSSR count). The summed E-state index contributed by atoms with van der Waals surface area (Å²) in [5.41, 5.74) is 0. The average molecular weight is 172 g/mol. The van der Waals surface area contributed by atoms with E-state index in [1.807, 2.05) is 13.8 Å². The van der Waals surface area contributed by atoms with Crippen LogP contribution < -0.4 is 0 Å². The molecule has 1 unspecified atom stereocenters. The quantitative estimate of drug-likeness (QED) is 0.360. The second-order valence-electron chi connectivity index (χ2n) is 2.94. The molecule has 0 saturated heterocycles. The highest BCUT2D eigenvalue weighted by molar-refractivity contribution is 5.81. The lowest BCUT2D eigenvalue weighted by molar-refractivity contribution is -0.170. The van der Waals surface area contributed by atoms with Crippen molar-refractivity contribution in [3.63, 3.8) is 0 Å². The van der Waals surface area contributed by atoms with Gasteiger partial charge in [0.15, 0.2) is 6.29 Å². The first-order valence-electron chi connectivity index (χ1n) is 4.01. The fraction of sp³-hybridized carbons (Fsp3) is 0.667. The summed E-state index contributed by atoms with van der Waals surface area (Å²) in [7, 11) is 0. The zero-order valence-corrected chi connectivity index (χ0v) is 7.87. The summed E-state index contributed by atoms with van der Waals surface area (Å²) in [4.78, 5) is 10.6. The maximum atomic E-state index is 10.6. The molecule has 12 heavy (non-hydrogen) atoms. The molecule has 70 valence electrons. The third-order valence-electron chi connectivity index (χ3n) is 1.11. The fourth-order valence-electron chi connectivity index (χ4n) is 0.574. The third kappa shape index (κ3) is 5.92. The van der Waals surface area contributed by atoms with Gasteiger partial charge in [0.2, 0.25) is 0 Å². The second-order valence-corrected chi connectivity index (χ2v) is 2.94. The van der Waals surface area contributed by atoms with E-state index in [4.69, 9.17) is 9.47 Å². The molecule has 3 heteroatoms. The van der Waals surface area contributed by atoms with Crippen molar-refractivity contribution in [2.45, 2.75) is 27.1 Å². The van der Waals surface area contributed by atoms with Crippen LogP contribution in [0, 0.1) is 5.92 Å². The Labute approximate surface area is 73.4 Å². The van der Waals surface area contributed by atoms with Crippen molar-refractivity contribution >= 4 is 5.97 Å². The van der Waals surface area contributed by atoms with Gasteiger partial charge in [-0.05, 0) is 12.8 Å². The van der Waals surface area contributed by atoms with Crippen LogP contribution in [0.4, 0.5) is 0 Å². The Balaban J connectivity index is 3.52. The average Bonchev–Trinajstić information content (AvgIpc) is 2.00. The van der Waals surface area contributed by atoms with Gasteiger partial charge in [0.1, 0.15) is 0 Å². The summed E-state index contributed by atoms with van der Waals surface area (Å²) in [5, 5.41) is 0. The van der Waals surface area contributed by atoms with Gasteiger partial charge in [-0.15, -0.1) is 0 Å². The summed E-state index contributed by atoms with van der Waals surface area (Å²) in [6.07, 6.45) is 0.632. The van der Waals surface area contributed by atoms with Crippen molar-refractivity contribution < 1.29 is 14.3 Å². The molecule has 0 bridgehead atoms. The monoisotopic (exact) mass is 172 g/mol. The van der Waals surface area contributed by atoms with Crippen molar-refractivity contribution in [1.29, 1.82) is 0 Å². The van der Waals surface area contributed by atoms with Gasteiger partial charge in [0.25, 0.3) is 0 Å². The molecule has 0 aliphatic heterocycles. The van der Waals surface area contributed by atoms with E-state index in [0.717, 1.165) is 6.08 Å². The van der Waals surface area contributed by atoms with Gasteiger partial charge in [-0.25, -0.2) is 4.79 Å². The van der Waals surface area contributed by atoms with Gasteiger partial charge in [0.05, 0.1) is 6.61 Å². The Morgan fingerprint density at radius 3 is 2.50 bits per heavy atom. The number of hydrogen-bond donors (Lipinski definition) is 0. The highest BCUT2D eigenvalue weighted by Gasteiger charge is 2.06. The van der Waals surface area contributed by atoms with E-state index in [1.165, 1.54) is 0 Å². The fourth-order valence-corrected chi connectivity index (χ4v) is 0.574. The molecule has 0 N–H and O–H groups in total. The molecule has 0 saturated carbocycles. The van der Waals surface area contributed by atoms with E-state index in [-0.39, 0.29) is 0 Å². The van der Waals surface area contributed by atoms with Crippen LogP contribution in [-0.2, 0) is 14.3 Å². The second kappa shape index (κ2) is 5.77. The molecule has 0 aromatic heterocycles. The lowest BCUT2D eigenvalue weighted by Crippen LogP contribution is -2.18. The van der Waals surface area contributed by atoms with Gasteiger partial charge in [-0.3, -0.25) is 0 Å². The molecule has 0 aliphatic rings. The Kier molecular flexibility index (Phi) is 5.37. The number of carbonyl (C=O) groups is 1. The number of ether oxygens (including phenoxy) is 2. The minimum absolute atomic E-state index is 0.440. The van der Waals surface area contributed by atoms with Crippen LogP contribution in [0.3, 0.4) is 0 Å². The van der Waals surface area contributed by atoms with Gasteiger partial charge >= 0.3 is 5.97 Å².